The zero-order chi connectivity index (χ0) is 15.5. The molecule has 1 N–H and O–H groups in total. The molecule has 0 radical (unpaired) electrons. The summed E-state index contributed by atoms with van der Waals surface area (Å²) in [5, 5.41) is 2.64. The van der Waals surface area contributed by atoms with E-state index in [9.17, 15) is 9.59 Å². The van der Waals surface area contributed by atoms with Gasteiger partial charge in [0, 0.05) is 33.9 Å². The van der Waals surface area contributed by atoms with E-state index in [0.29, 0.717) is 18.8 Å². The summed E-state index contributed by atoms with van der Waals surface area (Å²) in [6.45, 7) is 1.03. The summed E-state index contributed by atoms with van der Waals surface area (Å²) in [5.41, 5.74) is 0.0882. The van der Waals surface area contributed by atoms with E-state index in [1.807, 2.05) is 19.3 Å². The maximum atomic E-state index is 12.8. The molecule has 0 unspecified atom stereocenters. The lowest BCUT2D eigenvalue weighted by atomic mass is 9.92. The smallest absolute Gasteiger partial charge is 0.271 e. The molecular formula is C15H23N3O3. The Kier molecular flexibility index (Phi) is 4.67. The number of methoxy groups -OCH3 is 1. The molecule has 1 aliphatic rings. The van der Waals surface area contributed by atoms with Crippen LogP contribution in [0.25, 0.3) is 0 Å². The van der Waals surface area contributed by atoms with Crippen molar-refractivity contribution in [2.75, 3.05) is 27.3 Å². The third-order valence-electron chi connectivity index (χ3n) is 4.19. The number of nitrogens with zero attached hydrogens (tertiary/aromatic N) is 2. The molecule has 21 heavy (non-hydrogen) atoms. The SMILES string of the molecule is CNC(=O)C[C@]1(COC)CCCN1C(=O)c1cccn1C. The minimum absolute atomic E-state index is 0.0408. The fourth-order valence-electron chi connectivity index (χ4n) is 3.12. The van der Waals surface area contributed by atoms with Crippen LogP contribution in [0, 0.1) is 0 Å². The molecule has 0 saturated carbocycles. The lowest BCUT2D eigenvalue weighted by Crippen LogP contribution is -2.53. The number of ether oxygens (including phenoxy) is 1. The van der Waals surface area contributed by atoms with Gasteiger partial charge in [0.25, 0.3) is 5.91 Å². The zero-order valence-corrected chi connectivity index (χ0v) is 12.9. The Hall–Kier alpha value is -1.82. The average molecular weight is 293 g/mol. The van der Waals surface area contributed by atoms with Crippen LogP contribution in [-0.4, -0.2) is 54.1 Å². The molecule has 1 atom stereocenters. The van der Waals surface area contributed by atoms with Crippen molar-refractivity contribution in [3.05, 3.63) is 24.0 Å². The van der Waals surface area contributed by atoms with Gasteiger partial charge in [-0.3, -0.25) is 9.59 Å². The number of nitrogens with one attached hydrogen (secondary N) is 1. The van der Waals surface area contributed by atoms with E-state index in [2.05, 4.69) is 5.32 Å². The van der Waals surface area contributed by atoms with Crippen molar-refractivity contribution in [1.82, 2.24) is 14.8 Å². The van der Waals surface area contributed by atoms with Gasteiger partial charge in [-0.2, -0.15) is 0 Å². The second-order valence-corrected chi connectivity index (χ2v) is 5.57. The highest BCUT2D eigenvalue weighted by molar-refractivity contribution is 5.94. The molecule has 1 aromatic rings. The molecule has 6 heteroatoms. The van der Waals surface area contributed by atoms with E-state index in [-0.39, 0.29) is 18.2 Å². The molecule has 1 fully saturated rings. The summed E-state index contributed by atoms with van der Waals surface area (Å²) < 4.78 is 7.13. The van der Waals surface area contributed by atoms with E-state index in [1.165, 1.54) is 0 Å². The van der Waals surface area contributed by atoms with E-state index in [1.54, 1.807) is 29.7 Å². The predicted octanol–water partition coefficient (Wildman–Crippen LogP) is 0.782. The number of aryl methyl sites for hydroxylation is 1. The van der Waals surface area contributed by atoms with Crippen LogP contribution in [0.5, 0.6) is 0 Å². The molecule has 2 heterocycles. The Bertz CT molecular complexity index is 526. The van der Waals surface area contributed by atoms with Crippen molar-refractivity contribution in [2.24, 2.45) is 7.05 Å². The maximum absolute atomic E-state index is 12.8. The molecule has 0 aromatic carbocycles. The van der Waals surface area contributed by atoms with Crippen molar-refractivity contribution < 1.29 is 14.3 Å². The third-order valence-corrected chi connectivity index (χ3v) is 4.19. The monoisotopic (exact) mass is 293 g/mol. The van der Waals surface area contributed by atoms with Gasteiger partial charge in [0.1, 0.15) is 5.69 Å². The number of carbonyl (C=O) groups excluding carboxylic acids is 2. The fourth-order valence-corrected chi connectivity index (χ4v) is 3.12. The predicted molar refractivity (Wildman–Crippen MR) is 79.0 cm³/mol. The van der Waals surface area contributed by atoms with Crippen LogP contribution in [0.3, 0.4) is 0 Å². The van der Waals surface area contributed by atoms with Gasteiger partial charge in [0.15, 0.2) is 0 Å². The Labute approximate surface area is 125 Å². The van der Waals surface area contributed by atoms with Gasteiger partial charge in [-0.05, 0) is 25.0 Å². The number of likely N-dealkylation sites (tertiary alicyclic amines) is 1. The highest BCUT2D eigenvalue weighted by atomic mass is 16.5. The first-order valence-corrected chi connectivity index (χ1v) is 7.17. The molecule has 0 spiro atoms. The van der Waals surface area contributed by atoms with Crippen LogP contribution in [0.4, 0.5) is 0 Å². The molecule has 1 aliphatic heterocycles. The van der Waals surface area contributed by atoms with Crippen molar-refractivity contribution in [1.29, 1.82) is 0 Å². The van der Waals surface area contributed by atoms with Crippen LogP contribution in [-0.2, 0) is 16.6 Å². The largest absolute Gasteiger partial charge is 0.382 e. The van der Waals surface area contributed by atoms with Crippen molar-refractivity contribution in [3.63, 3.8) is 0 Å². The van der Waals surface area contributed by atoms with Gasteiger partial charge in [0.2, 0.25) is 5.91 Å². The van der Waals surface area contributed by atoms with Gasteiger partial charge < -0.3 is 19.5 Å². The molecule has 0 aliphatic carbocycles. The molecule has 6 nitrogen and oxygen atoms in total. The molecule has 2 amide bonds. The van der Waals surface area contributed by atoms with E-state index < -0.39 is 5.54 Å². The number of carbonyl (C=O) groups is 2. The van der Waals surface area contributed by atoms with Crippen LogP contribution in [0.1, 0.15) is 29.8 Å². The Morgan fingerprint density at radius 2 is 2.24 bits per heavy atom. The summed E-state index contributed by atoms with van der Waals surface area (Å²) in [4.78, 5) is 26.5. The molecular weight excluding hydrogens is 270 g/mol. The lowest BCUT2D eigenvalue weighted by Gasteiger charge is -2.37. The summed E-state index contributed by atoms with van der Waals surface area (Å²) >= 11 is 0. The lowest BCUT2D eigenvalue weighted by molar-refractivity contribution is -0.123. The Balaban J connectivity index is 2.29. The average Bonchev–Trinajstić information content (AvgIpc) is 3.05. The van der Waals surface area contributed by atoms with Crippen molar-refractivity contribution in [3.8, 4) is 0 Å². The molecule has 1 aromatic heterocycles. The number of hydrogen-bond donors (Lipinski definition) is 1. The second kappa shape index (κ2) is 6.30. The topological polar surface area (TPSA) is 63.6 Å². The minimum atomic E-state index is -0.545. The first kappa shape index (κ1) is 15.6. The van der Waals surface area contributed by atoms with E-state index in [0.717, 1.165) is 12.8 Å². The van der Waals surface area contributed by atoms with Gasteiger partial charge in [-0.1, -0.05) is 0 Å². The Morgan fingerprint density at radius 1 is 1.48 bits per heavy atom. The third kappa shape index (κ3) is 2.95. The number of aromatic nitrogens is 1. The second-order valence-electron chi connectivity index (χ2n) is 5.57. The molecule has 2 rings (SSSR count). The van der Waals surface area contributed by atoms with Crippen LogP contribution in [0.2, 0.25) is 0 Å². The van der Waals surface area contributed by atoms with Crippen molar-refractivity contribution >= 4 is 11.8 Å². The highest BCUT2D eigenvalue weighted by Gasteiger charge is 2.45. The number of amides is 2. The quantitative estimate of drug-likeness (QED) is 0.872. The molecule has 116 valence electrons. The van der Waals surface area contributed by atoms with Crippen LogP contribution < -0.4 is 5.32 Å². The van der Waals surface area contributed by atoms with Gasteiger partial charge in [0.05, 0.1) is 18.6 Å². The first-order chi connectivity index (χ1) is 10.0. The van der Waals surface area contributed by atoms with Crippen LogP contribution >= 0.6 is 0 Å². The summed E-state index contributed by atoms with van der Waals surface area (Å²) in [5.74, 6) is -0.111. The van der Waals surface area contributed by atoms with Crippen molar-refractivity contribution in [2.45, 2.75) is 24.8 Å². The normalized spacial score (nSPS) is 21.6. The van der Waals surface area contributed by atoms with E-state index in [4.69, 9.17) is 4.74 Å². The van der Waals surface area contributed by atoms with E-state index >= 15 is 0 Å². The molecule has 0 bridgehead atoms. The summed E-state index contributed by atoms with van der Waals surface area (Å²) in [7, 11) is 5.07. The van der Waals surface area contributed by atoms with Gasteiger partial charge in [-0.15, -0.1) is 0 Å². The number of rotatable bonds is 5. The number of hydrogen-bond acceptors (Lipinski definition) is 3. The van der Waals surface area contributed by atoms with Gasteiger partial charge in [-0.25, -0.2) is 0 Å². The fraction of sp³-hybridized carbons (Fsp3) is 0.600. The minimum Gasteiger partial charge on any atom is -0.382 e. The zero-order valence-electron chi connectivity index (χ0n) is 12.9. The highest BCUT2D eigenvalue weighted by Crippen LogP contribution is 2.34. The van der Waals surface area contributed by atoms with Crippen LogP contribution in [0.15, 0.2) is 18.3 Å². The standard InChI is InChI=1S/C15H23N3O3/c1-16-13(19)10-15(11-21-3)7-5-9-18(15)14(20)12-6-4-8-17(12)2/h4,6,8H,5,7,9-11H2,1-3H3,(H,16,19)/t15-/m0/s1. The summed E-state index contributed by atoms with van der Waals surface area (Å²) in [6.07, 6.45) is 3.79. The Morgan fingerprint density at radius 3 is 2.81 bits per heavy atom. The maximum Gasteiger partial charge on any atom is 0.271 e. The first-order valence-electron chi connectivity index (χ1n) is 7.17. The molecule has 1 saturated heterocycles. The summed E-state index contributed by atoms with van der Waals surface area (Å²) in [6, 6.07) is 3.65. The van der Waals surface area contributed by atoms with Gasteiger partial charge >= 0.3 is 0 Å².